The number of rotatable bonds is 6. The Labute approximate surface area is 192 Å². The van der Waals surface area contributed by atoms with E-state index < -0.39 is 18.1 Å². The Morgan fingerprint density at radius 2 is 1.58 bits per heavy atom. The first-order chi connectivity index (χ1) is 16.0. The molecule has 7 heteroatoms. The summed E-state index contributed by atoms with van der Waals surface area (Å²) >= 11 is 0. The molecule has 33 heavy (non-hydrogen) atoms. The number of carbonyl (C=O) groups is 2. The van der Waals surface area contributed by atoms with E-state index in [4.69, 9.17) is 4.74 Å². The summed E-state index contributed by atoms with van der Waals surface area (Å²) in [6, 6.07) is 22.9. The molecule has 0 bridgehead atoms. The summed E-state index contributed by atoms with van der Waals surface area (Å²) in [6.07, 6.45) is 1.34. The quantitative estimate of drug-likeness (QED) is 0.451. The van der Waals surface area contributed by atoms with E-state index in [1.165, 1.54) is 0 Å². The van der Waals surface area contributed by atoms with Crippen LogP contribution < -0.4 is 5.32 Å². The number of alkyl carbamates (subject to hydrolysis) is 1. The number of amides is 1. The molecule has 1 heterocycles. The van der Waals surface area contributed by atoms with Gasteiger partial charge in [0.15, 0.2) is 0 Å². The topological polar surface area (TPSA) is 80.6 Å². The number of para-hydroxylation sites is 1. The number of carboxylic acids is 1. The predicted molar refractivity (Wildman–Crippen MR) is 129 cm³/mol. The van der Waals surface area contributed by atoms with Gasteiger partial charge in [0.25, 0.3) is 0 Å². The summed E-state index contributed by atoms with van der Waals surface area (Å²) in [4.78, 5) is 24.5. The van der Waals surface area contributed by atoms with Gasteiger partial charge >= 0.3 is 12.1 Å². The highest BCUT2D eigenvalue weighted by Crippen LogP contribution is 2.44. The van der Waals surface area contributed by atoms with Gasteiger partial charge < -0.3 is 19.6 Å². The molecule has 1 atom stereocenters. The van der Waals surface area contributed by atoms with E-state index in [1.54, 1.807) is 0 Å². The summed E-state index contributed by atoms with van der Waals surface area (Å²) in [5, 5.41) is 13.2. The summed E-state index contributed by atoms with van der Waals surface area (Å²) in [6.45, 7) is 0.139. The van der Waals surface area contributed by atoms with Crippen LogP contribution >= 0.6 is 0 Å². The van der Waals surface area contributed by atoms with E-state index in [9.17, 15) is 14.7 Å². The lowest BCUT2D eigenvalue weighted by atomic mass is 9.98. The van der Waals surface area contributed by atoms with Crippen LogP contribution in [-0.2, 0) is 16.0 Å². The molecule has 0 spiro atoms. The second-order valence-electron chi connectivity index (χ2n) is 8.35. The molecule has 0 saturated heterocycles. The van der Waals surface area contributed by atoms with Crippen molar-refractivity contribution in [1.29, 1.82) is 0 Å². The van der Waals surface area contributed by atoms with Crippen LogP contribution in [0.2, 0.25) is 0 Å². The van der Waals surface area contributed by atoms with E-state index in [0.717, 1.165) is 38.7 Å². The van der Waals surface area contributed by atoms with Crippen molar-refractivity contribution in [3.8, 4) is 11.1 Å². The minimum Gasteiger partial charge on any atom is -0.480 e. The minimum atomic E-state index is -1.10. The molecule has 0 saturated carbocycles. The van der Waals surface area contributed by atoms with Gasteiger partial charge in [-0.2, -0.15) is 0 Å². The van der Waals surface area contributed by atoms with Crippen LogP contribution in [-0.4, -0.2) is 42.3 Å². The zero-order chi connectivity index (χ0) is 22.9. The molecule has 1 aliphatic rings. The van der Waals surface area contributed by atoms with Gasteiger partial charge in [-0.25, -0.2) is 9.59 Å². The number of benzene rings is 3. The molecule has 1 amide bonds. The number of nitrogens with zero attached hydrogens (tertiary/aromatic N) is 1. The number of aliphatic carboxylic acids is 1. The first-order valence-corrected chi connectivity index (χ1v) is 10.9. The highest BCUT2D eigenvalue weighted by atomic mass is 16.5. The molecule has 6 nitrogen and oxygen atoms in total. The SMILES string of the molecule is Bn1cc(CC(NC(=O)OCC2c3ccccc3-c3ccccc32)C(=O)O)c2ccccc21. The average molecular weight is 438 g/mol. The Bertz CT molecular complexity index is 1320. The molecule has 1 aliphatic carbocycles. The van der Waals surface area contributed by atoms with Crippen LogP contribution in [0, 0.1) is 0 Å². The van der Waals surface area contributed by atoms with Gasteiger partial charge in [-0.05, 0) is 40.1 Å². The summed E-state index contributed by atoms with van der Waals surface area (Å²) in [7, 11) is 1.92. The molecule has 0 aliphatic heterocycles. The maximum atomic E-state index is 12.6. The fourth-order valence-electron chi connectivity index (χ4n) is 4.79. The Morgan fingerprint density at radius 1 is 0.970 bits per heavy atom. The first kappa shape index (κ1) is 20.9. The van der Waals surface area contributed by atoms with Crippen molar-refractivity contribution in [2.45, 2.75) is 18.4 Å². The summed E-state index contributed by atoms with van der Waals surface area (Å²) < 4.78 is 7.49. The Hall–Kier alpha value is -4.00. The molecule has 164 valence electrons. The van der Waals surface area contributed by atoms with E-state index in [1.807, 2.05) is 79.3 Å². The minimum absolute atomic E-state index is 0.0792. The average Bonchev–Trinajstić information content (AvgIpc) is 3.32. The maximum absolute atomic E-state index is 12.6. The van der Waals surface area contributed by atoms with Gasteiger partial charge in [0.1, 0.15) is 12.6 Å². The van der Waals surface area contributed by atoms with Crippen molar-refractivity contribution in [1.82, 2.24) is 9.79 Å². The van der Waals surface area contributed by atoms with Crippen LogP contribution in [0.3, 0.4) is 0 Å². The van der Waals surface area contributed by atoms with Crippen molar-refractivity contribution in [2.24, 2.45) is 0 Å². The van der Waals surface area contributed by atoms with Gasteiger partial charge in [0.05, 0.1) is 0 Å². The lowest BCUT2D eigenvalue weighted by Crippen LogP contribution is -2.42. The Kier molecular flexibility index (Phi) is 5.38. The number of ether oxygens (including phenoxy) is 1. The van der Waals surface area contributed by atoms with E-state index in [2.05, 4.69) is 17.4 Å². The maximum Gasteiger partial charge on any atom is 0.407 e. The number of hydrogen-bond donors (Lipinski definition) is 2. The van der Waals surface area contributed by atoms with Crippen LogP contribution in [0.15, 0.2) is 79.0 Å². The summed E-state index contributed by atoms with van der Waals surface area (Å²) in [5.74, 6) is -1.18. The molecule has 3 aromatic carbocycles. The first-order valence-electron chi connectivity index (χ1n) is 10.9. The third kappa shape index (κ3) is 3.86. The zero-order valence-electron chi connectivity index (χ0n) is 18.2. The lowest BCUT2D eigenvalue weighted by molar-refractivity contribution is -0.139. The van der Waals surface area contributed by atoms with Gasteiger partial charge in [-0.1, -0.05) is 66.7 Å². The standard InChI is InChI=1S/C26H23BN2O4/c27-29-14-16(17-7-5-6-12-24(17)29)13-23(25(30)31)28-26(32)33-15-22-20-10-3-1-8-18(20)19-9-2-4-11-21(19)22/h1-12,14,22-23H,13,15,27H2,(H,28,32)(H,30,31). The van der Waals surface area contributed by atoms with Crippen molar-refractivity contribution >= 4 is 30.9 Å². The fourth-order valence-corrected chi connectivity index (χ4v) is 4.79. The predicted octanol–water partition coefficient (Wildman–Crippen LogP) is 3.57. The number of fused-ring (bicyclic) bond motifs is 4. The number of nitrogens with one attached hydrogen (secondary N) is 1. The van der Waals surface area contributed by atoms with Gasteiger partial charge in [-0.15, -0.1) is 0 Å². The van der Waals surface area contributed by atoms with Crippen LogP contribution in [0.25, 0.3) is 22.0 Å². The largest absolute Gasteiger partial charge is 0.480 e. The summed E-state index contributed by atoms with van der Waals surface area (Å²) in [5.41, 5.74) is 6.37. The number of carboxylic acid groups (broad SMARTS) is 1. The molecular formula is C26H23BN2O4. The molecule has 1 unspecified atom stereocenters. The van der Waals surface area contributed by atoms with Crippen LogP contribution in [0.4, 0.5) is 4.79 Å². The van der Waals surface area contributed by atoms with E-state index >= 15 is 0 Å². The molecule has 0 radical (unpaired) electrons. The van der Waals surface area contributed by atoms with Crippen molar-refractivity contribution < 1.29 is 19.4 Å². The number of aromatic nitrogens is 1. The van der Waals surface area contributed by atoms with E-state index in [0.29, 0.717) is 0 Å². The monoisotopic (exact) mass is 438 g/mol. The van der Waals surface area contributed by atoms with Crippen molar-refractivity contribution in [2.75, 3.05) is 6.61 Å². The molecule has 5 rings (SSSR count). The molecule has 2 N–H and O–H groups in total. The fraction of sp³-hybridized carbons (Fsp3) is 0.154. The van der Waals surface area contributed by atoms with Crippen LogP contribution in [0.5, 0.6) is 0 Å². The van der Waals surface area contributed by atoms with Gasteiger partial charge in [0.2, 0.25) is 7.98 Å². The second kappa shape index (κ2) is 8.50. The molecule has 4 aromatic rings. The van der Waals surface area contributed by atoms with Crippen LogP contribution in [0.1, 0.15) is 22.6 Å². The molecule has 0 fully saturated rings. The molecular weight excluding hydrogens is 415 g/mol. The third-order valence-electron chi connectivity index (χ3n) is 6.34. The highest BCUT2D eigenvalue weighted by molar-refractivity contribution is 6.12. The Morgan fingerprint density at radius 3 is 2.24 bits per heavy atom. The number of hydrogen-bond acceptors (Lipinski definition) is 3. The van der Waals surface area contributed by atoms with Crippen molar-refractivity contribution in [3.05, 3.63) is 95.7 Å². The van der Waals surface area contributed by atoms with Crippen molar-refractivity contribution in [3.63, 3.8) is 0 Å². The Balaban J connectivity index is 1.29. The smallest absolute Gasteiger partial charge is 0.407 e. The second-order valence-corrected chi connectivity index (χ2v) is 8.35. The van der Waals surface area contributed by atoms with Gasteiger partial charge in [-0.3, -0.25) is 0 Å². The van der Waals surface area contributed by atoms with E-state index in [-0.39, 0.29) is 18.9 Å². The molecule has 1 aromatic heterocycles. The normalized spacial score (nSPS) is 13.3. The lowest BCUT2D eigenvalue weighted by Gasteiger charge is -2.17. The highest BCUT2D eigenvalue weighted by Gasteiger charge is 2.30. The van der Waals surface area contributed by atoms with Gasteiger partial charge in [0, 0.05) is 23.2 Å². The number of carbonyl (C=O) groups excluding carboxylic acids is 1. The zero-order valence-corrected chi connectivity index (χ0v) is 18.2. The third-order valence-corrected chi connectivity index (χ3v) is 6.34.